The number of carbonyl (C=O) groups is 7. The van der Waals surface area contributed by atoms with Gasteiger partial charge in [-0.2, -0.15) is 0 Å². The molecule has 0 aliphatic carbocycles. The maximum Gasteiger partial charge on any atom is 0.326 e. The SMILES string of the molecule is CC(C)C[C@H](NC(=O)[C@H](CC(C)C)NC(=O)[C@H](CC(C)C)NC(=O)[C@@H](N)CC(C)C)C(=O)N[C@@H](CCCNC(=N)N)C(=O)N[C@@H](CCCNC(=N)N)C(=O)N[C@@H](CCCNC(=N)N)C(=O)O. The number of nitrogens with one attached hydrogen (secondary N) is 12. The lowest BCUT2D eigenvalue weighted by Gasteiger charge is -2.29. The zero-order valence-corrected chi connectivity index (χ0v) is 40.2. The molecule has 0 aromatic carbocycles. The summed E-state index contributed by atoms with van der Waals surface area (Å²) in [6, 6.07) is -8.16. The lowest BCUT2D eigenvalue weighted by molar-refractivity contribution is -0.142. The van der Waals surface area contributed by atoms with Crippen LogP contribution in [-0.4, -0.2) is 126 Å². The third-order valence-corrected chi connectivity index (χ3v) is 9.92. The quantitative estimate of drug-likeness (QED) is 0.0198. The Hall–Kier alpha value is -5.94. The van der Waals surface area contributed by atoms with E-state index in [9.17, 15) is 38.7 Å². The van der Waals surface area contributed by atoms with Crippen molar-refractivity contribution in [3.05, 3.63) is 0 Å². The molecule has 0 saturated carbocycles. The van der Waals surface area contributed by atoms with Gasteiger partial charge in [0.2, 0.25) is 35.4 Å². The predicted molar refractivity (Wildman–Crippen MR) is 252 cm³/mol. The zero-order valence-electron chi connectivity index (χ0n) is 40.2. The highest BCUT2D eigenvalue weighted by Crippen LogP contribution is 2.13. The largest absolute Gasteiger partial charge is 0.480 e. The molecule has 0 bridgehead atoms. The number of hydrogen-bond acceptors (Lipinski definition) is 11. The van der Waals surface area contributed by atoms with Crippen molar-refractivity contribution in [3.8, 4) is 0 Å². The van der Waals surface area contributed by atoms with E-state index in [1.807, 2.05) is 55.4 Å². The summed E-state index contributed by atoms with van der Waals surface area (Å²) in [5, 5.41) is 56.0. The standard InChI is InChI=1S/C42H82N16O8/c1-22(2)18-26(43)33(59)56-30(19-23(3)4)37(63)58-32(21-25(7)8)38(64)57-31(20-24(5)6)36(62)54-27(12-9-15-50-40(44)45)34(60)53-28(13-10-16-51-41(46)47)35(61)55-29(39(65)66)14-11-17-52-42(48)49/h22-32H,9-21,43H2,1-8H3,(H,53,60)(H,54,62)(H,55,61)(H,56,59)(H,57,64)(H,58,63)(H,65,66)(H4,44,45,50)(H4,46,47,51)(H4,48,49,52)/t26-,27-,28-,29-,30-,31-,32-/m0/s1. The molecule has 0 aliphatic rings. The fourth-order valence-corrected chi connectivity index (χ4v) is 6.75. The summed E-state index contributed by atoms with van der Waals surface area (Å²) in [5.74, 6) is -6.54. The maximum absolute atomic E-state index is 14.2. The van der Waals surface area contributed by atoms with Gasteiger partial charge in [0, 0.05) is 19.6 Å². The smallest absolute Gasteiger partial charge is 0.326 e. The van der Waals surface area contributed by atoms with Crippen LogP contribution in [0.15, 0.2) is 0 Å². The normalized spacial score (nSPS) is 14.4. The molecule has 0 aromatic heterocycles. The van der Waals surface area contributed by atoms with Crippen LogP contribution in [0.3, 0.4) is 0 Å². The summed E-state index contributed by atoms with van der Waals surface area (Å²) in [5.41, 5.74) is 22.3. The highest BCUT2D eigenvalue weighted by Gasteiger charge is 2.34. The van der Waals surface area contributed by atoms with Crippen LogP contribution in [0.2, 0.25) is 0 Å². The Balaban J connectivity index is 6.64. The molecule has 0 unspecified atom stereocenters. The first-order valence-electron chi connectivity index (χ1n) is 22.8. The third-order valence-electron chi connectivity index (χ3n) is 9.92. The number of carbonyl (C=O) groups excluding carboxylic acids is 6. The van der Waals surface area contributed by atoms with Crippen LogP contribution >= 0.6 is 0 Å². The second kappa shape index (κ2) is 31.9. The average molecular weight is 939 g/mol. The van der Waals surface area contributed by atoms with E-state index in [0.717, 1.165) is 0 Å². The van der Waals surface area contributed by atoms with E-state index in [4.69, 9.17) is 39.2 Å². The molecule has 0 aromatic rings. The molecule has 21 N–H and O–H groups in total. The molecule has 378 valence electrons. The number of nitrogens with two attached hydrogens (primary N) is 4. The number of carboxylic acid groups (broad SMARTS) is 1. The molecule has 0 radical (unpaired) electrons. The first-order chi connectivity index (χ1) is 30.7. The van der Waals surface area contributed by atoms with Crippen molar-refractivity contribution >= 4 is 59.3 Å². The van der Waals surface area contributed by atoms with Gasteiger partial charge in [0.15, 0.2) is 17.9 Å². The highest BCUT2D eigenvalue weighted by atomic mass is 16.4. The molecular formula is C42H82N16O8. The molecule has 24 heteroatoms. The van der Waals surface area contributed by atoms with Gasteiger partial charge in [-0.05, 0) is 87.9 Å². The number of guanidine groups is 3. The summed E-state index contributed by atoms with van der Waals surface area (Å²) in [6.07, 6.45) is 1.49. The second-order valence-corrected chi connectivity index (χ2v) is 18.3. The van der Waals surface area contributed by atoms with Crippen molar-refractivity contribution in [2.75, 3.05) is 19.6 Å². The van der Waals surface area contributed by atoms with Crippen molar-refractivity contribution in [3.63, 3.8) is 0 Å². The van der Waals surface area contributed by atoms with E-state index in [1.54, 1.807) is 0 Å². The average Bonchev–Trinajstić information content (AvgIpc) is 3.18. The number of rotatable bonds is 33. The van der Waals surface area contributed by atoms with E-state index >= 15 is 0 Å². The van der Waals surface area contributed by atoms with Gasteiger partial charge < -0.3 is 75.9 Å². The van der Waals surface area contributed by atoms with Crippen LogP contribution in [-0.2, 0) is 33.6 Å². The lowest BCUT2D eigenvalue weighted by atomic mass is 9.98. The van der Waals surface area contributed by atoms with Crippen LogP contribution in [0, 0.1) is 39.9 Å². The second-order valence-electron chi connectivity index (χ2n) is 18.3. The Kier molecular flexibility index (Phi) is 29.0. The molecule has 6 amide bonds. The van der Waals surface area contributed by atoms with Crippen molar-refractivity contribution in [1.29, 1.82) is 16.2 Å². The van der Waals surface area contributed by atoms with Gasteiger partial charge in [-0.1, -0.05) is 55.4 Å². The van der Waals surface area contributed by atoms with Crippen LogP contribution < -0.4 is 70.8 Å². The van der Waals surface area contributed by atoms with Gasteiger partial charge in [-0.3, -0.25) is 45.0 Å². The van der Waals surface area contributed by atoms with Gasteiger partial charge in [0.05, 0.1) is 6.04 Å². The molecule has 0 rings (SSSR count). The van der Waals surface area contributed by atoms with E-state index in [2.05, 4.69) is 47.9 Å². The summed E-state index contributed by atoms with van der Waals surface area (Å²) in [6.45, 7) is 15.4. The van der Waals surface area contributed by atoms with Crippen molar-refractivity contribution in [1.82, 2.24) is 47.9 Å². The number of carboxylic acids is 1. The first kappa shape index (κ1) is 60.1. The fourth-order valence-electron chi connectivity index (χ4n) is 6.75. The molecule has 0 spiro atoms. The van der Waals surface area contributed by atoms with Gasteiger partial charge in [-0.25, -0.2) is 4.79 Å². The monoisotopic (exact) mass is 939 g/mol. The molecule has 0 heterocycles. The molecule has 0 aliphatic heterocycles. The van der Waals surface area contributed by atoms with Crippen molar-refractivity contribution < 1.29 is 38.7 Å². The third kappa shape index (κ3) is 27.4. The van der Waals surface area contributed by atoms with E-state index in [-0.39, 0.29) is 119 Å². The molecule has 7 atom stereocenters. The van der Waals surface area contributed by atoms with E-state index < -0.39 is 83.7 Å². The Morgan fingerprint density at radius 3 is 0.924 bits per heavy atom. The highest BCUT2D eigenvalue weighted by molar-refractivity contribution is 5.97. The predicted octanol–water partition coefficient (Wildman–Crippen LogP) is -1.72. The number of amides is 6. The van der Waals surface area contributed by atoms with Crippen LogP contribution in [0.4, 0.5) is 0 Å². The van der Waals surface area contributed by atoms with Crippen molar-refractivity contribution in [2.45, 2.75) is 162 Å². The lowest BCUT2D eigenvalue weighted by Crippen LogP contribution is -2.60. The minimum atomic E-state index is -1.37. The summed E-state index contributed by atoms with van der Waals surface area (Å²) < 4.78 is 0. The van der Waals surface area contributed by atoms with Gasteiger partial charge in [-0.15, -0.1) is 0 Å². The van der Waals surface area contributed by atoms with Gasteiger partial charge in [0.1, 0.15) is 36.3 Å². The van der Waals surface area contributed by atoms with E-state index in [1.165, 1.54) is 0 Å². The molecule has 0 fully saturated rings. The molecule has 0 saturated heterocycles. The van der Waals surface area contributed by atoms with Crippen LogP contribution in [0.5, 0.6) is 0 Å². The minimum Gasteiger partial charge on any atom is -0.480 e. The zero-order chi connectivity index (χ0) is 50.7. The number of aliphatic carboxylic acids is 1. The van der Waals surface area contributed by atoms with Crippen LogP contribution in [0.25, 0.3) is 0 Å². The topological polar surface area (TPSA) is 424 Å². The van der Waals surface area contributed by atoms with Crippen molar-refractivity contribution in [2.24, 2.45) is 46.6 Å². The molecule has 24 nitrogen and oxygen atoms in total. The number of hydrogen-bond donors (Lipinski definition) is 17. The maximum atomic E-state index is 14.2. The summed E-state index contributed by atoms with van der Waals surface area (Å²) in [7, 11) is 0. The fraction of sp³-hybridized carbons (Fsp3) is 0.762. The van der Waals surface area contributed by atoms with E-state index in [0.29, 0.717) is 6.42 Å². The summed E-state index contributed by atoms with van der Waals surface area (Å²) >= 11 is 0. The van der Waals surface area contributed by atoms with Gasteiger partial charge in [0.25, 0.3) is 0 Å². The Bertz CT molecular complexity index is 1610. The Labute approximate surface area is 389 Å². The molecular weight excluding hydrogens is 857 g/mol. The Morgan fingerprint density at radius 1 is 0.409 bits per heavy atom. The van der Waals surface area contributed by atoms with Crippen LogP contribution in [0.1, 0.15) is 120 Å². The first-order valence-corrected chi connectivity index (χ1v) is 22.8. The summed E-state index contributed by atoms with van der Waals surface area (Å²) in [4.78, 5) is 94.9. The Morgan fingerprint density at radius 2 is 0.652 bits per heavy atom. The minimum absolute atomic E-state index is 0.00978. The molecule has 66 heavy (non-hydrogen) atoms. The van der Waals surface area contributed by atoms with Gasteiger partial charge >= 0.3 is 5.97 Å².